The first-order chi connectivity index (χ1) is 16.7. The van der Waals surface area contributed by atoms with Crippen LogP contribution in [0.1, 0.15) is 49.6 Å². The number of rotatable bonds is 8. The molecule has 186 valence electrons. The van der Waals surface area contributed by atoms with Gasteiger partial charge in [0.25, 0.3) is 0 Å². The first-order valence-corrected chi connectivity index (χ1v) is 12.8. The molecule has 0 saturated heterocycles. The third kappa shape index (κ3) is 6.58. The van der Waals surface area contributed by atoms with Crippen molar-refractivity contribution in [3.8, 4) is 16.3 Å². The molecule has 2 heterocycles. The van der Waals surface area contributed by atoms with E-state index in [1.807, 2.05) is 31.2 Å². The summed E-state index contributed by atoms with van der Waals surface area (Å²) in [7, 11) is 2.09. The van der Waals surface area contributed by atoms with Gasteiger partial charge in [0.15, 0.2) is 0 Å². The van der Waals surface area contributed by atoms with Crippen molar-refractivity contribution in [1.29, 1.82) is 0 Å². The molecule has 0 bridgehead atoms. The number of aromatic nitrogens is 2. The van der Waals surface area contributed by atoms with E-state index >= 15 is 0 Å². The molecule has 1 aliphatic carbocycles. The molecule has 1 aliphatic heterocycles. The topological polar surface area (TPSA) is 87.6 Å². The van der Waals surface area contributed by atoms with Gasteiger partial charge in [-0.1, -0.05) is 18.2 Å². The standard InChI is InChI=1S/C14H15N3OS.C13H19NO2/c1-9-2-3-11(8-12(9)15-6-7-18)14-16-13(17-19-14)10-4-5-10;1-13(2,15)9-16-12-6-4-5-11-10(12)7-8-14(11)3/h2-3,7-8,10,15H,4-6H2,1H3;4-6,15H,7-9H2,1-3H3. The molecule has 0 spiro atoms. The van der Waals surface area contributed by atoms with Gasteiger partial charge < -0.3 is 24.9 Å². The fourth-order valence-corrected chi connectivity index (χ4v) is 4.65. The van der Waals surface area contributed by atoms with Crippen LogP contribution in [-0.4, -0.2) is 53.1 Å². The van der Waals surface area contributed by atoms with Crippen molar-refractivity contribution in [3.63, 3.8) is 0 Å². The molecular formula is C27H34N4O3S. The number of hydrogen-bond donors (Lipinski definition) is 2. The minimum Gasteiger partial charge on any atom is -0.490 e. The fraction of sp³-hybridized carbons (Fsp3) is 0.444. The second-order valence-electron chi connectivity index (χ2n) is 9.84. The third-order valence-electron chi connectivity index (χ3n) is 6.04. The van der Waals surface area contributed by atoms with Crippen molar-refractivity contribution < 1.29 is 14.6 Å². The Hall–Kier alpha value is -2.97. The first-order valence-electron chi connectivity index (χ1n) is 12.1. The Kier molecular flexibility index (Phi) is 7.72. The van der Waals surface area contributed by atoms with Gasteiger partial charge in [-0.25, -0.2) is 4.98 Å². The average Bonchev–Trinajstić information content (AvgIpc) is 3.44. The van der Waals surface area contributed by atoms with E-state index in [9.17, 15) is 9.90 Å². The van der Waals surface area contributed by atoms with Gasteiger partial charge in [-0.05, 0) is 75.3 Å². The second kappa shape index (κ2) is 10.7. The van der Waals surface area contributed by atoms with Crippen LogP contribution in [0.25, 0.3) is 10.6 Å². The minimum atomic E-state index is -0.784. The molecular weight excluding hydrogens is 460 g/mol. The molecule has 7 nitrogen and oxygen atoms in total. The number of anilines is 2. The Morgan fingerprint density at radius 1 is 1.29 bits per heavy atom. The van der Waals surface area contributed by atoms with Gasteiger partial charge >= 0.3 is 0 Å². The van der Waals surface area contributed by atoms with Gasteiger partial charge in [-0.15, -0.1) is 0 Å². The number of aliphatic hydroxyl groups is 1. The summed E-state index contributed by atoms with van der Waals surface area (Å²) in [5.41, 5.74) is 4.88. The average molecular weight is 495 g/mol. The Labute approximate surface area is 211 Å². The summed E-state index contributed by atoms with van der Waals surface area (Å²) in [4.78, 5) is 17.3. The summed E-state index contributed by atoms with van der Waals surface area (Å²) < 4.78 is 10.1. The molecule has 8 heteroatoms. The molecule has 1 aromatic heterocycles. The molecule has 0 amide bonds. The quantitative estimate of drug-likeness (QED) is 0.434. The van der Waals surface area contributed by atoms with Gasteiger partial charge in [0, 0.05) is 42.0 Å². The lowest BCUT2D eigenvalue weighted by Crippen LogP contribution is -2.28. The van der Waals surface area contributed by atoms with Crippen LogP contribution in [-0.2, 0) is 11.2 Å². The number of nitrogens with one attached hydrogen (secondary N) is 1. The molecule has 5 rings (SSSR count). The van der Waals surface area contributed by atoms with E-state index in [0.717, 1.165) is 52.6 Å². The molecule has 2 aliphatic rings. The van der Waals surface area contributed by atoms with E-state index in [1.165, 1.54) is 35.6 Å². The largest absolute Gasteiger partial charge is 0.490 e. The maximum Gasteiger partial charge on any atom is 0.146 e. The van der Waals surface area contributed by atoms with Crippen molar-refractivity contribution in [2.45, 2.75) is 51.6 Å². The highest BCUT2D eigenvalue weighted by Gasteiger charge is 2.28. The van der Waals surface area contributed by atoms with E-state index in [0.29, 0.717) is 19.1 Å². The lowest BCUT2D eigenvalue weighted by atomic mass is 10.1. The Balaban J connectivity index is 0.000000168. The number of hydrogen-bond acceptors (Lipinski definition) is 8. The summed E-state index contributed by atoms with van der Waals surface area (Å²) in [5, 5.41) is 13.7. The number of carbonyl (C=O) groups is 1. The van der Waals surface area contributed by atoms with Gasteiger partial charge in [-0.3, -0.25) is 0 Å². The molecule has 1 saturated carbocycles. The lowest BCUT2D eigenvalue weighted by molar-refractivity contribution is -0.106. The molecule has 1 fully saturated rings. The molecule has 0 radical (unpaired) electrons. The summed E-state index contributed by atoms with van der Waals surface area (Å²) in [6.07, 6.45) is 4.32. The predicted molar refractivity (Wildman–Crippen MR) is 142 cm³/mol. The van der Waals surface area contributed by atoms with E-state index in [-0.39, 0.29) is 0 Å². The van der Waals surface area contributed by atoms with Gasteiger partial charge in [0.05, 0.1) is 12.1 Å². The highest BCUT2D eigenvalue weighted by Crippen LogP contribution is 2.40. The van der Waals surface area contributed by atoms with Crippen LogP contribution in [0.3, 0.4) is 0 Å². The van der Waals surface area contributed by atoms with Crippen molar-refractivity contribution in [2.24, 2.45) is 0 Å². The van der Waals surface area contributed by atoms with Crippen molar-refractivity contribution >= 4 is 29.2 Å². The van der Waals surface area contributed by atoms with Crippen LogP contribution in [0, 0.1) is 6.92 Å². The highest BCUT2D eigenvalue weighted by atomic mass is 32.1. The fourth-order valence-electron chi connectivity index (χ4n) is 3.91. The van der Waals surface area contributed by atoms with Crippen LogP contribution in [0.15, 0.2) is 36.4 Å². The number of ether oxygens (including phenoxy) is 1. The molecule has 2 N–H and O–H groups in total. The zero-order valence-electron chi connectivity index (χ0n) is 20.9. The highest BCUT2D eigenvalue weighted by molar-refractivity contribution is 7.09. The van der Waals surface area contributed by atoms with E-state index in [4.69, 9.17) is 4.74 Å². The first kappa shape index (κ1) is 25.1. The molecule has 2 aromatic carbocycles. The monoisotopic (exact) mass is 494 g/mol. The maximum atomic E-state index is 10.4. The van der Waals surface area contributed by atoms with Crippen LogP contribution >= 0.6 is 11.5 Å². The van der Waals surface area contributed by atoms with Gasteiger partial charge in [-0.2, -0.15) is 4.37 Å². The number of aryl methyl sites for hydroxylation is 1. The SMILES string of the molecule is CN1CCc2c(OCC(C)(C)O)cccc21.Cc1ccc(-c2nc(C3CC3)ns2)cc1NCC=O. The number of likely N-dealkylation sites (N-methyl/N-ethyl adjacent to an activating group) is 1. The van der Waals surface area contributed by atoms with Crippen LogP contribution in [0.4, 0.5) is 11.4 Å². The number of benzene rings is 2. The summed E-state index contributed by atoms with van der Waals surface area (Å²) in [5.74, 6) is 2.48. The van der Waals surface area contributed by atoms with Crippen LogP contribution in [0.2, 0.25) is 0 Å². The minimum absolute atomic E-state index is 0.327. The van der Waals surface area contributed by atoms with Gasteiger partial charge in [0.1, 0.15) is 29.5 Å². The molecule has 0 atom stereocenters. The van der Waals surface area contributed by atoms with Crippen molar-refractivity contribution in [3.05, 3.63) is 53.3 Å². The van der Waals surface area contributed by atoms with Crippen LogP contribution in [0.5, 0.6) is 5.75 Å². The number of fused-ring (bicyclic) bond motifs is 1. The van der Waals surface area contributed by atoms with Crippen molar-refractivity contribution in [2.75, 3.05) is 37.0 Å². The summed E-state index contributed by atoms with van der Waals surface area (Å²) in [6, 6.07) is 12.2. The predicted octanol–water partition coefficient (Wildman–Crippen LogP) is 4.83. The van der Waals surface area contributed by atoms with E-state index < -0.39 is 5.60 Å². The zero-order valence-corrected chi connectivity index (χ0v) is 21.7. The number of carbonyl (C=O) groups excluding carboxylic acids is 1. The third-order valence-corrected chi connectivity index (χ3v) is 6.82. The Bertz CT molecular complexity index is 1170. The normalized spacial score (nSPS) is 14.7. The Morgan fingerprint density at radius 3 is 2.80 bits per heavy atom. The zero-order chi connectivity index (χ0) is 25.0. The smallest absolute Gasteiger partial charge is 0.146 e. The molecule has 35 heavy (non-hydrogen) atoms. The summed E-state index contributed by atoms with van der Waals surface area (Å²) >= 11 is 1.45. The molecule has 0 unspecified atom stereocenters. The maximum absolute atomic E-state index is 10.4. The van der Waals surface area contributed by atoms with Gasteiger partial charge in [0.2, 0.25) is 0 Å². The van der Waals surface area contributed by atoms with Crippen LogP contribution < -0.4 is 15.0 Å². The second-order valence-corrected chi connectivity index (χ2v) is 10.6. The summed E-state index contributed by atoms with van der Waals surface area (Å²) in [6.45, 7) is 7.22. The Morgan fingerprint density at radius 2 is 2.09 bits per heavy atom. The van der Waals surface area contributed by atoms with E-state index in [2.05, 4.69) is 38.8 Å². The molecule has 3 aromatic rings. The lowest BCUT2D eigenvalue weighted by Gasteiger charge is -2.19. The number of nitrogens with zero attached hydrogens (tertiary/aromatic N) is 3. The number of aldehydes is 1. The van der Waals surface area contributed by atoms with E-state index in [1.54, 1.807) is 13.8 Å². The van der Waals surface area contributed by atoms with Crippen molar-refractivity contribution in [1.82, 2.24) is 9.36 Å².